The third-order valence-electron chi connectivity index (χ3n) is 2.22. The van der Waals surface area contributed by atoms with Gasteiger partial charge in [0.05, 0.1) is 23.6 Å². The third-order valence-corrected chi connectivity index (χ3v) is 3.55. The van der Waals surface area contributed by atoms with Gasteiger partial charge in [-0.1, -0.05) is 6.08 Å². The fourth-order valence-electron chi connectivity index (χ4n) is 1.21. The van der Waals surface area contributed by atoms with Gasteiger partial charge in [-0.05, 0) is 6.92 Å². The molecule has 0 radical (unpaired) electrons. The van der Waals surface area contributed by atoms with E-state index in [9.17, 15) is 12.8 Å². The molecule has 7 heteroatoms. The van der Waals surface area contributed by atoms with Crippen LogP contribution in [0.15, 0.2) is 25.0 Å². The number of aromatic nitrogens is 2. The summed E-state index contributed by atoms with van der Waals surface area (Å²) < 4.78 is 34.9. The number of rotatable bonds is 4. The van der Waals surface area contributed by atoms with E-state index in [1.807, 2.05) is 0 Å². The Kier molecular flexibility index (Phi) is 3.71. The fourth-order valence-corrected chi connectivity index (χ4v) is 1.85. The van der Waals surface area contributed by atoms with Crippen molar-refractivity contribution in [1.29, 1.82) is 0 Å². The molecule has 1 aromatic rings. The van der Waals surface area contributed by atoms with Crippen LogP contribution in [0.5, 0.6) is 0 Å². The lowest BCUT2D eigenvalue weighted by Crippen LogP contribution is -2.31. The first-order valence-corrected chi connectivity index (χ1v) is 6.09. The summed E-state index contributed by atoms with van der Waals surface area (Å²) in [7, 11) is -3.72. The van der Waals surface area contributed by atoms with Crippen LogP contribution in [0.4, 0.5) is 4.39 Å². The number of primary sulfonamides is 1. The molecule has 0 aliphatic carbocycles. The van der Waals surface area contributed by atoms with Gasteiger partial charge in [0, 0.05) is 0 Å². The number of hydrogen-bond acceptors (Lipinski definition) is 4. The first-order chi connectivity index (χ1) is 7.36. The quantitative estimate of drug-likeness (QED) is 0.785. The molecule has 1 heterocycles. The van der Waals surface area contributed by atoms with Gasteiger partial charge < -0.3 is 0 Å². The highest BCUT2D eigenvalue weighted by Crippen LogP contribution is 2.21. The summed E-state index contributed by atoms with van der Waals surface area (Å²) >= 11 is 0. The molecule has 0 aromatic carbocycles. The molecule has 0 spiro atoms. The van der Waals surface area contributed by atoms with Crippen LogP contribution in [0.2, 0.25) is 0 Å². The van der Waals surface area contributed by atoms with E-state index in [4.69, 9.17) is 5.14 Å². The number of halogens is 1. The lowest BCUT2D eigenvalue weighted by atomic mass is 10.1. The average Bonchev–Trinajstić information content (AvgIpc) is 2.20. The second kappa shape index (κ2) is 4.67. The minimum absolute atomic E-state index is 0.179. The Labute approximate surface area is 93.3 Å². The maximum Gasteiger partial charge on any atom is 0.212 e. The third kappa shape index (κ3) is 2.83. The minimum atomic E-state index is -3.72. The number of sulfonamides is 1. The number of hydrogen-bond donors (Lipinski definition) is 1. The molecule has 2 atom stereocenters. The molecule has 0 aliphatic heterocycles. The number of allylic oxidation sites excluding steroid dienone is 1. The van der Waals surface area contributed by atoms with E-state index in [-0.39, 0.29) is 5.82 Å². The van der Waals surface area contributed by atoms with Gasteiger partial charge in [0.15, 0.2) is 5.82 Å². The first kappa shape index (κ1) is 12.7. The van der Waals surface area contributed by atoms with Crippen LogP contribution >= 0.6 is 0 Å². The van der Waals surface area contributed by atoms with E-state index >= 15 is 0 Å². The summed E-state index contributed by atoms with van der Waals surface area (Å²) in [6, 6.07) is 0. The Bertz CT molecular complexity index is 472. The van der Waals surface area contributed by atoms with Crippen molar-refractivity contribution in [2.24, 2.45) is 5.14 Å². The topological polar surface area (TPSA) is 85.9 Å². The molecule has 0 amide bonds. The highest BCUT2D eigenvalue weighted by atomic mass is 32.2. The van der Waals surface area contributed by atoms with Crippen molar-refractivity contribution in [2.45, 2.75) is 18.1 Å². The van der Waals surface area contributed by atoms with E-state index in [1.165, 1.54) is 13.0 Å². The van der Waals surface area contributed by atoms with Crippen molar-refractivity contribution < 1.29 is 12.8 Å². The molecule has 5 nitrogen and oxygen atoms in total. The van der Waals surface area contributed by atoms with E-state index < -0.39 is 27.0 Å². The van der Waals surface area contributed by atoms with Crippen LogP contribution in [0.1, 0.15) is 18.7 Å². The maximum absolute atomic E-state index is 12.6. The molecule has 0 saturated heterocycles. The second-order valence-electron chi connectivity index (χ2n) is 3.32. The molecule has 0 unspecified atom stereocenters. The normalized spacial score (nSPS) is 15.4. The molecular weight excluding hydrogens is 233 g/mol. The minimum Gasteiger partial charge on any atom is -0.238 e. The van der Waals surface area contributed by atoms with Crippen LogP contribution in [0.3, 0.4) is 0 Å². The van der Waals surface area contributed by atoms with Crippen molar-refractivity contribution in [3.8, 4) is 0 Å². The number of nitrogens with two attached hydrogens (primary N) is 1. The molecule has 16 heavy (non-hydrogen) atoms. The predicted molar refractivity (Wildman–Crippen MR) is 57.5 cm³/mol. The Morgan fingerprint density at radius 2 is 2.00 bits per heavy atom. The van der Waals surface area contributed by atoms with Gasteiger partial charge in [0.2, 0.25) is 10.0 Å². The molecule has 0 fully saturated rings. The van der Waals surface area contributed by atoms with Crippen molar-refractivity contribution in [3.63, 3.8) is 0 Å². The Balaban J connectivity index is 3.08. The Hall–Kier alpha value is -1.34. The summed E-state index contributed by atoms with van der Waals surface area (Å²) in [6.07, 6.45) is 3.31. The average molecular weight is 245 g/mol. The second-order valence-corrected chi connectivity index (χ2v) is 5.24. The fraction of sp³-hybridized carbons (Fsp3) is 0.333. The summed E-state index contributed by atoms with van der Waals surface area (Å²) in [5, 5.41) is 4.11. The largest absolute Gasteiger partial charge is 0.238 e. The molecule has 1 rings (SSSR count). The van der Waals surface area contributed by atoms with Crippen LogP contribution in [-0.4, -0.2) is 23.6 Å². The molecule has 1 aromatic heterocycles. The maximum atomic E-state index is 12.6. The van der Waals surface area contributed by atoms with Crippen molar-refractivity contribution in [3.05, 3.63) is 36.7 Å². The SMILES string of the molecule is C=C[C@@H](c1ncc(F)cn1)[C@H](C)S(N)(=O)=O. The molecule has 88 valence electrons. The monoisotopic (exact) mass is 245 g/mol. The Morgan fingerprint density at radius 3 is 2.38 bits per heavy atom. The van der Waals surface area contributed by atoms with Gasteiger partial charge >= 0.3 is 0 Å². The van der Waals surface area contributed by atoms with Crippen molar-refractivity contribution in [2.75, 3.05) is 0 Å². The van der Waals surface area contributed by atoms with E-state index in [1.54, 1.807) is 0 Å². The zero-order chi connectivity index (χ0) is 12.3. The summed E-state index contributed by atoms with van der Waals surface area (Å²) in [5.41, 5.74) is 0. The highest BCUT2D eigenvalue weighted by Gasteiger charge is 2.27. The number of nitrogens with zero attached hydrogens (tertiary/aromatic N) is 2. The standard InChI is InChI=1S/C9H12FN3O2S/c1-3-8(6(2)16(11,14)15)9-12-4-7(10)5-13-9/h3-6,8H,1H2,2H3,(H2,11,14,15)/t6-,8+/m0/s1. The lowest BCUT2D eigenvalue weighted by Gasteiger charge is -2.16. The molecule has 0 bridgehead atoms. The van der Waals surface area contributed by atoms with E-state index in [0.717, 1.165) is 12.4 Å². The lowest BCUT2D eigenvalue weighted by molar-refractivity contribution is 0.570. The van der Waals surface area contributed by atoms with Gasteiger partial charge in [-0.2, -0.15) is 0 Å². The predicted octanol–water partition coefficient (Wildman–Crippen LogP) is 0.562. The zero-order valence-electron chi connectivity index (χ0n) is 8.67. The van der Waals surface area contributed by atoms with Crippen LogP contribution in [0, 0.1) is 5.82 Å². The molecule has 0 saturated carbocycles. The van der Waals surface area contributed by atoms with Gasteiger partial charge in [-0.15, -0.1) is 6.58 Å². The zero-order valence-corrected chi connectivity index (χ0v) is 9.48. The first-order valence-electron chi connectivity index (χ1n) is 4.48. The van der Waals surface area contributed by atoms with Crippen LogP contribution in [0.25, 0.3) is 0 Å². The summed E-state index contributed by atoms with van der Waals surface area (Å²) in [5.74, 6) is -1.07. The smallest absolute Gasteiger partial charge is 0.212 e. The van der Waals surface area contributed by atoms with Gasteiger partial charge in [-0.3, -0.25) is 0 Å². The van der Waals surface area contributed by atoms with Crippen molar-refractivity contribution >= 4 is 10.0 Å². The van der Waals surface area contributed by atoms with Gasteiger partial charge in [0.1, 0.15) is 5.82 Å². The molecule has 0 aliphatic rings. The summed E-state index contributed by atoms with van der Waals surface area (Å²) in [4.78, 5) is 7.41. The van der Waals surface area contributed by atoms with E-state index in [0.29, 0.717) is 0 Å². The van der Waals surface area contributed by atoms with Crippen LogP contribution < -0.4 is 5.14 Å². The van der Waals surface area contributed by atoms with Crippen molar-refractivity contribution in [1.82, 2.24) is 9.97 Å². The molecule has 2 N–H and O–H groups in total. The van der Waals surface area contributed by atoms with E-state index in [2.05, 4.69) is 16.5 Å². The van der Waals surface area contributed by atoms with Gasteiger partial charge in [-0.25, -0.2) is 27.9 Å². The summed E-state index contributed by atoms with van der Waals surface area (Å²) in [6.45, 7) is 4.93. The highest BCUT2D eigenvalue weighted by molar-refractivity contribution is 7.89. The van der Waals surface area contributed by atoms with Crippen LogP contribution in [-0.2, 0) is 10.0 Å². The Morgan fingerprint density at radius 1 is 1.50 bits per heavy atom. The molecular formula is C9H12FN3O2S. The van der Waals surface area contributed by atoms with Gasteiger partial charge in [0.25, 0.3) is 0 Å².